The molecular weight excluding hydrogens is 1090 g/mol. The van der Waals surface area contributed by atoms with Gasteiger partial charge in [0.15, 0.2) is 0 Å². The van der Waals surface area contributed by atoms with E-state index in [-0.39, 0.29) is 0 Å². The average Bonchev–Trinajstić information content (AvgIpc) is 1.74. The lowest BCUT2D eigenvalue weighted by molar-refractivity contribution is 1.12. The van der Waals surface area contributed by atoms with E-state index in [1.54, 1.807) is 0 Å². The summed E-state index contributed by atoms with van der Waals surface area (Å²) >= 11 is 0. The molecule has 0 aliphatic heterocycles. The molecule has 0 unspecified atom stereocenters. The highest BCUT2D eigenvalue weighted by atomic mass is 15.1. The van der Waals surface area contributed by atoms with Crippen LogP contribution >= 0.6 is 0 Å². The van der Waals surface area contributed by atoms with Crippen LogP contribution in [0.25, 0.3) is 89.1 Å². The molecule has 0 saturated carbocycles. The first-order valence-electron chi connectivity index (χ1n) is 30.6. The monoisotopic (exact) mass is 1150 g/mol. The Labute approximate surface area is 524 Å². The summed E-state index contributed by atoms with van der Waals surface area (Å²) in [6, 6.07) is 135. The molecule has 0 aliphatic carbocycles. The minimum atomic E-state index is 1.01. The van der Waals surface area contributed by atoms with Crippen molar-refractivity contribution in [1.29, 1.82) is 0 Å². The summed E-state index contributed by atoms with van der Waals surface area (Å²) in [6.07, 6.45) is 0. The summed E-state index contributed by atoms with van der Waals surface area (Å²) in [5.74, 6) is 0. The van der Waals surface area contributed by atoms with Gasteiger partial charge in [-0.1, -0.05) is 170 Å². The zero-order chi connectivity index (χ0) is 60.0. The number of nitrogens with zero attached hydrogens (tertiary/aromatic N) is 6. The molecule has 0 N–H and O–H groups in total. The lowest BCUT2D eigenvalue weighted by Gasteiger charge is -2.25. The van der Waals surface area contributed by atoms with Crippen molar-refractivity contribution in [3.05, 3.63) is 376 Å². The molecule has 14 aromatic carbocycles. The number of para-hydroxylation sites is 8. The Balaban J connectivity index is 1.02. The van der Waals surface area contributed by atoms with Crippen molar-refractivity contribution in [1.82, 2.24) is 18.3 Å². The van der Waals surface area contributed by atoms with Gasteiger partial charge in [-0.2, -0.15) is 0 Å². The van der Waals surface area contributed by atoms with Crippen molar-refractivity contribution in [2.45, 2.75) is 0 Å². The third-order valence-corrected chi connectivity index (χ3v) is 16.6. The number of hydrogen-bond acceptors (Lipinski definition) is 2. The molecule has 0 aliphatic rings. The number of aromatic nitrogens is 4. The number of hydrogen-bond donors (Lipinski definition) is 0. The highest BCUT2D eigenvalue weighted by Crippen LogP contribution is 2.39. The molecule has 0 atom stereocenters. The van der Waals surface area contributed by atoms with Crippen molar-refractivity contribution in [3.63, 3.8) is 0 Å². The molecular formula is C84H62N6. The second kappa shape index (κ2) is 24.7. The second-order valence-corrected chi connectivity index (χ2v) is 22.3. The van der Waals surface area contributed by atoms with Crippen LogP contribution in [0.1, 0.15) is 0 Å². The highest BCUT2D eigenvalue weighted by Gasteiger charge is 2.17. The van der Waals surface area contributed by atoms with Gasteiger partial charge in [-0.25, -0.2) is 0 Å². The first-order valence-corrected chi connectivity index (χ1v) is 30.6. The third kappa shape index (κ3) is 11.1. The van der Waals surface area contributed by atoms with Crippen LogP contribution in [0.4, 0.5) is 34.1 Å². The largest absolute Gasteiger partial charge is 0.311 e. The van der Waals surface area contributed by atoms with E-state index in [1.807, 2.05) is 0 Å². The zero-order valence-electron chi connectivity index (χ0n) is 49.5. The molecule has 8 bridgehead atoms. The van der Waals surface area contributed by atoms with Crippen LogP contribution in [-0.2, 0) is 0 Å². The van der Waals surface area contributed by atoms with Gasteiger partial charge in [-0.15, -0.1) is 0 Å². The van der Waals surface area contributed by atoms with Gasteiger partial charge >= 0.3 is 0 Å². The topological polar surface area (TPSA) is 26.2 Å². The van der Waals surface area contributed by atoms with Gasteiger partial charge in [0.2, 0.25) is 0 Å². The van der Waals surface area contributed by atoms with Crippen LogP contribution in [0.15, 0.2) is 376 Å². The molecule has 6 heteroatoms. The van der Waals surface area contributed by atoms with Crippen LogP contribution in [-0.4, -0.2) is 18.3 Å². The molecule has 18 rings (SSSR count). The molecule has 428 valence electrons. The van der Waals surface area contributed by atoms with Crippen molar-refractivity contribution < 1.29 is 0 Å². The summed E-state index contributed by atoms with van der Waals surface area (Å²) in [5, 5.41) is 0. The van der Waals surface area contributed by atoms with Crippen LogP contribution in [0.5, 0.6) is 0 Å². The smallest absolute Gasteiger partial charge is 0.0488 e. The predicted molar refractivity (Wildman–Crippen MR) is 378 cm³/mol. The number of rotatable bonds is 12. The molecule has 4 aromatic heterocycles. The first kappa shape index (κ1) is 54.5. The summed E-state index contributed by atoms with van der Waals surface area (Å²) in [7, 11) is 0. The van der Waals surface area contributed by atoms with Crippen molar-refractivity contribution in [3.8, 4) is 45.0 Å². The lowest BCUT2D eigenvalue weighted by atomic mass is 10.0. The van der Waals surface area contributed by atoms with Gasteiger partial charge in [0.25, 0.3) is 0 Å². The van der Waals surface area contributed by atoms with Gasteiger partial charge in [0, 0.05) is 101 Å². The van der Waals surface area contributed by atoms with E-state index in [0.717, 1.165) is 123 Å². The Kier molecular flexibility index (Phi) is 15.0. The van der Waals surface area contributed by atoms with Gasteiger partial charge in [0.05, 0.1) is 0 Å². The standard InChI is InChI=1S/C84H62N6/c1-9-25-67(26-10-1)85(68-27-11-2-12-28-68)75-45-41-63(42-46-75)65-57-81-61-82(58-65)88(72-35-19-6-20-36-72)78-51-55-80(56-52-78)90(74-39-23-8-24-40-74)84-60-66(64-43-47-76(48-44-64)86(69-29-13-3-14-30-69)70-31-15-4-16-32-70)59-83(62-84)89(73-37-21-7-22-38-73)79-53-49-77(50-54-79)87(81)71-33-17-5-18-34-71/h1-62H. The Morgan fingerprint density at radius 3 is 0.544 bits per heavy atom. The van der Waals surface area contributed by atoms with Crippen molar-refractivity contribution in [2.75, 3.05) is 9.80 Å². The summed E-state index contributed by atoms with van der Waals surface area (Å²) in [4.78, 5) is 4.62. The molecule has 0 fully saturated rings. The van der Waals surface area contributed by atoms with Crippen molar-refractivity contribution in [2.24, 2.45) is 0 Å². The fraction of sp³-hybridized carbons (Fsp3) is 0. The molecule has 90 heavy (non-hydrogen) atoms. The normalized spacial score (nSPS) is 11.1. The van der Waals surface area contributed by atoms with E-state index in [0.29, 0.717) is 0 Å². The quantitative estimate of drug-likeness (QED) is 0.122. The van der Waals surface area contributed by atoms with E-state index in [4.69, 9.17) is 0 Å². The molecule has 18 aromatic rings. The van der Waals surface area contributed by atoms with E-state index in [1.165, 1.54) is 0 Å². The zero-order valence-corrected chi connectivity index (χ0v) is 49.5. The van der Waals surface area contributed by atoms with Crippen LogP contribution in [0.2, 0.25) is 0 Å². The maximum absolute atomic E-state index is 2.39. The van der Waals surface area contributed by atoms with E-state index in [2.05, 4.69) is 404 Å². The predicted octanol–water partition coefficient (Wildman–Crippen LogP) is 22.5. The van der Waals surface area contributed by atoms with Gasteiger partial charge in [-0.05, 0) is 229 Å². The average molecular weight is 1160 g/mol. The van der Waals surface area contributed by atoms with Gasteiger partial charge in [-0.3, -0.25) is 0 Å². The molecule has 0 amide bonds. The third-order valence-electron chi connectivity index (χ3n) is 16.6. The van der Waals surface area contributed by atoms with Crippen molar-refractivity contribution >= 4 is 78.3 Å². The summed E-state index contributed by atoms with van der Waals surface area (Å²) in [6.45, 7) is 0. The SMILES string of the molecule is c1ccc(N(c2ccccc2)c2ccc(-c3cc4cc(c3)n(-c3ccccc3)c3ccc(cc3)n(-c3ccccc3)c3cc(-c5ccc(N(c6ccccc6)c6ccccc6)cc5)cc(c3)n(-c3ccccc3)c3ccc(cc3)n4-c3ccccc3)cc2)cc1. The first-order chi connectivity index (χ1) is 44.6. The fourth-order valence-electron chi connectivity index (χ4n) is 12.4. The van der Waals surface area contributed by atoms with E-state index >= 15 is 0 Å². The molecule has 0 spiro atoms. The fourth-order valence-corrected chi connectivity index (χ4v) is 12.4. The Bertz CT molecular complexity index is 4480. The Morgan fingerprint density at radius 1 is 0.144 bits per heavy atom. The molecule has 0 radical (unpaired) electrons. The second-order valence-electron chi connectivity index (χ2n) is 22.3. The lowest BCUT2D eigenvalue weighted by Crippen LogP contribution is -2.09. The minimum absolute atomic E-state index is 1.01. The summed E-state index contributed by atoms with van der Waals surface area (Å²) in [5.41, 5.74) is 23.1. The number of anilines is 6. The Hall–Kier alpha value is -12.1. The maximum atomic E-state index is 2.39. The molecule has 6 nitrogen and oxygen atoms in total. The van der Waals surface area contributed by atoms with Crippen LogP contribution in [0.3, 0.4) is 0 Å². The summed E-state index contributed by atoms with van der Waals surface area (Å²) < 4.78 is 9.54. The van der Waals surface area contributed by atoms with E-state index in [9.17, 15) is 0 Å². The Morgan fingerprint density at radius 2 is 0.333 bits per heavy atom. The molecule has 4 heterocycles. The highest BCUT2D eigenvalue weighted by molar-refractivity contribution is 5.87. The molecule has 0 saturated heterocycles. The van der Waals surface area contributed by atoms with Crippen LogP contribution < -0.4 is 9.80 Å². The minimum Gasteiger partial charge on any atom is -0.311 e. The number of benzene rings is 14. The van der Waals surface area contributed by atoms with Gasteiger partial charge in [0.1, 0.15) is 0 Å². The van der Waals surface area contributed by atoms with Crippen LogP contribution in [0, 0.1) is 0 Å². The maximum Gasteiger partial charge on any atom is 0.0488 e. The van der Waals surface area contributed by atoms with Gasteiger partial charge < -0.3 is 28.1 Å². The van der Waals surface area contributed by atoms with E-state index < -0.39 is 0 Å².